The Morgan fingerprint density at radius 2 is 1.91 bits per heavy atom. The second-order valence-electron chi connectivity index (χ2n) is 4.86. The third-order valence-corrected chi connectivity index (χ3v) is 3.20. The highest BCUT2D eigenvalue weighted by atomic mass is 16.5. The number of carbonyl (C=O) groups is 2. The average molecular weight is 313 g/mol. The molecule has 120 valence electrons. The van der Waals surface area contributed by atoms with Crippen LogP contribution in [0, 0.1) is 0 Å². The van der Waals surface area contributed by atoms with E-state index in [0.717, 1.165) is 11.3 Å². The molecule has 2 N–H and O–H groups in total. The maximum Gasteiger partial charge on any atom is 0.309 e. The molecule has 6 nitrogen and oxygen atoms in total. The van der Waals surface area contributed by atoms with Crippen molar-refractivity contribution in [2.24, 2.45) is 0 Å². The van der Waals surface area contributed by atoms with Gasteiger partial charge in [-0.15, -0.1) is 0 Å². The first-order valence-electron chi connectivity index (χ1n) is 7.28. The maximum absolute atomic E-state index is 11.7. The van der Waals surface area contributed by atoms with Crippen LogP contribution in [0.25, 0.3) is 0 Å². The number of hydrogen-bond acceptors (Lipinski definition) is 4. The van der Waals surface area contributed by atoms with Crippen LogP contribution in [0.2, 0.25) is 0 Å². The summed E-state index contributed by atoms with van der Waals surface area (Å²) < 4.78 is 5.14. The molecule has 23 heavy (non-hydrogen) atoms. The molecule has 0 aliphatic carbocycles. The van der Waals surface area contributed by atoms with Gasteiger partial charge in [-0.25, -0.2) is 0 Å². The van der Waals surface area contributed by atoms with E-state index in [1.807, 2.05) is 30.3 Å². The molecule has 0 aliphatic heterocycles. The highest BCUT2D eigenvalue weighted by Crippen LogP contribution is 2.12. The van der Waals surface area contributed by atoms with E-state index in [1.54, 1.807) is 25.4 Å². The van der Waals surface area contributed by atoms with E-state index in [1.165, 1.54) is 0 Å². The molecule has 2 rings (SSSR count). The predicted octanol–water partition coefficient (Wildman–Crippen LogP) is 1.07. The normalized spacial score (nSPS) is 9.96. The molecule has 2 aromatic rings. The minimum absolute atomic E-state index is 0.225. The quantitative estimate of drug-likeness (QED) is 0.782. The molecular weight excluding hydrogens is 294 g/mol. The summed E-state index contributed by atoms with van der Waals surface area (Å²) in [5, 5.41) is 5.12. The summed E-state index contributed by atoms with van der Waals surface area (Å²) in [4.78, 5) is 27.5. The lowest BCUT2D eigenvalue weighted by Gasteiger charge is -2.07. The standard InChI is InChI=1S/C17H19N3O3/c1-23-15-7-4-5-13(11-15)8-10-19-16(21)17(22)20-12-14-6-2-3-9-18-14/h2-7,9,11H,8,10,12H2,1H3,(H,19,21)(H,20,22). The van der Waals surface area contributed by atoms with E-state index in [9.17, 15) is 9.59 Å². The monoisotopic (exact) mass is 313 g/mol. The summed E-state index contributed by atoms with van der Waals surface area (Å²) >= 11 is 0. The first-order chi connectivity index (χ1) is 11.2. The number of rotatable bonds is 6. The molecule has 0 atom stereocenters. The molecule has 6 heteroatoms. The van der Waals surface area contributed by atoms with Crippen molar-refractivity contribution >= 4 is 11.8 Å². The van der Waals surface area contributed by atoms with Crippen molar-refractivity contribution in [1.29, 1.82) is 0 Å². The fraction of sp³-hybridized carbons (Fsp3) is 0.235. The number of hydrogen-bond donors (Lipinski definition) is 2. The summed E-state index contributed by atoms with van der Waals surface area (Å²) in [6, 6.07) is 13.0. The molecule has 0 spiro atoms. The molecule has 0 saturated carbocycles. The van der Waals surface area contributed by atoms with Crippen LogP contribution in [0.4, 0.5) is 0 Å². The van der Waals surface area contributed by atoms with Gasteiger partial charge >= 0.3 is 11.8 Å². The van der Waals surface area contributed by atoms with Crippen LogP contribution >= 0.6 is 0 Å². The van der Waals surface area contributed by atoms with E-state index in [4.69, 9.17) is 4.74 Å². The highest BCUT2D eigenvalue weighted by molar-refractivity contribution is 6.35. The Kier molecular flexibility index (Phi) is 6.11. The number of amides is 2. The fourth-order valence-corrected chi connectivity index (χ4v) is 1.98. The Balaban J connectivity index is 1.72. The van der Waals surface area contributed by atoms with Crippen molar-refractivity contribution in [3.8, 4) is 5.75 Å². The molecule has 2 amide bonds. The third-order valence-electron chi connectivity index (χ3n) is 3.20. The topological polar surface area (TPSA) is 80.3 Å². The average Bonchev–Trinajstić information content (AvgIpc) is 2.60. The molecule has 0 saturated heterocycles. The van der Waals surface area contributed by atoms with Gasteiger partial charge < -0.3 is 15.4 Å². The van der Waals surface area contributed by atoms with Gasteiger partial charge in [-0.1, -0.05) is 18.2 Å². The van der Waals surface area contributed by atoms with Gasteiger partial charge in [0.1, 0.15) is 5.75 Å². The smallest absolute Gasteiger partial charge is 0.309 e. The Hall–Kier alpha value is -2.89. The molecule has 1 aromatic carbocycles. The van der Waals surface area contributed by atoms with Gasteiger partial charge in [0.15, 0.2) is 0 Å². The van der Waals surface area contributed by atoms with Gasteiger partial charge in [0.25, 0.3) is 0 Å². The molecule has 1 aromatic heterocycles. The fourth-order valence-electron chi connectivity index (χ4n) is 1.98. The minimum atomic E-state index is -0.665. The van der Waals surface area contributed by atoms with Crippen molar-refractivity contribution in [2.45, 2.75) is 13.0 Å². The lowest BCUT2D eigenvalue weighted by atomic mass is 10.1. The molecule has 0 unspecified atom stereocenters. The van der Waals surface area contributed by atoms with E-state index in [2.05, 4.69) is 15.6 Å². The van der Waals surface area contributed by atoms with E-state index in [-0.39, 0.29) is 6.54 Å². The number of methoxy groups -OCH3 is 1. The van der Waals surface area contributed by atoms with E-state index in [0.29, 0.717) is 18.7 Å². The number of pyridine rings is 1. The number of carbonyl (C=O) groups excluding carboxylic acids is 2. The van der Waals surface area contributed by atoms with Crippen molar-refractivity contribution in [1.82, 2.24) is 15.6 Å². The summed E-state index contributed by atoms with van der Waals surface area (Å²) in [7, 11) is 1.60. The van der Waals surface area contributed by atoms with E-state index >= 15 is 0 Å². The summed E-state index contributed by atoms with van der Waals surface area (Å²) in [6.45, 7) is 0.603. The van der Waals surface area contributed by atoms with Gasteiger partial charge in [-0.3, -0.25) is 14.6 Å². The van der Waals surface area contributed by atoms with Crippen LogP contribution in [-0.4, -0.2) is 30.5 Å². The maximum atomic E-state index is 11.7. The molecule has 0 radical (unpaired) electrons. The number of nitrogens with zero attached hydrogens (tertiary/aromatic N) is 1. The van der Waals surface area contributed by atoms with Crippen LogP contribution in [-0.2, 0) is 22.6 Å². The molecule has 0 fully saturated rings. The van der Waals surface area contributed by atoms with Crippen molar-refractivity contribution in [2.75, 3.05) is 13.7 Å². The zero-order chi connectivity index (χ0) is 16.5. The zero-order valence-electron chi connectivity index (χ0n) is 12.9. The second kappa shape index (κ2) is 8.53. The lowest BCUT2D eigenvalue weighted by molar-refractivity contribution is -0.139. The largest absolute Gasteiger partial charge is 0.497 e. The van der Waals surface area contributed by atoms with Crippen LogP contribution in [0.5, 0.6) is 5.75 Å². The second-order valence-corrected chi connectivity index (χ2v) is 4.86. The SMILES string of the molecule is COc1cccc(CCNC(=O)C(=O)NCc2ccccn2)c1. The molecule has 1 heterocycles. The molecule has 0 bridgehead atoms. The van der Waals surface area contributed by atoms with Crippen LogP contribution in [0.1, 0.15) is 11.3 Å². The number of aromatic nitrogens is 1. The van der Waals surface area contributed by atoms with Crippen molar-refractivity contribution in [3.05, 3.63) is 59.9 Å². The highest BCUT2D eigenvalue weighted by Gasteiger charge is 2.12. The number of ether oxygens (including phenoxy) is 1. The van der Waals surface area contributed by atoms with E-state index < -0.39 is 11.8 Å². The van der Waals surface area contributed by atoms with Gasteiger partial charge in [-0.05, 0) is 36.2 Å². The summed E-state index contributed by atoms with van der Waals surface area (Å²) in [5.41, 5.74) is 1.73. The molecular formula is C17H19N3O3. The zero-order valence-corrected chi connectivity index (χ0v) is 12.9. The lowest BCUT2D eigenvalue weighted by Crippen LogP contribution is -2.40. The van der Waals surface area contributed by atoms with Gasteiger partial charge in [0, 0.05) is 12.7 Å². The summed E-state index contributed by atoms with van der Waals surface area (Å²) in [5.74, 6) is -0.549. The number of nitrogens with one attached hydrogen (secondary N) is 2. The number of benzene rings is 1. The summed E-state index contributed by atoms with van der Waals surface area (Å²) in [6.07, 6.45) is 2.26. The van der Waals surface area contributed by atoms with Crippen molar-refractivity contribution in [3.63, 3.8) is 0 Å². The first-order valence-corrected chi connectivity index (χ1v) is 7.28. The Labute approximate surface area is 134 Å². The van der Waals surface area contributed by atoms with Gasteiger partial charge in [-0.2, -0.15) is 0 Å². The van der Waals surface area contributed by atoms with Crippen molar-refractivity contribution < 1.29 is 14.3 Å². The van der Waals surface area contributed by atoms with Gasteiger partial charge in [0.05, 0.1) is 19.3 Å². The Morgan fingerprint density at radius 3 is 2.65 bits per heavy atom. The first kappa shape index (κ1) is 16.5. The minimum Gasteiger partial charge on any atom is -0.497 e. The van der Waals surface area contributed by atoms with Crippen LogP contribution in [0.15, 0.2) is 48.7 Å². The van der Waals surface area contributed by atoms with Crippen LogP contribution in [0.3, 0.4) is 0 Å². The Bertz CT molecular complexity index is 659. The predicted molar refractivity (Wildman–Crippen MR) is 85.8 cm³/mol. The van der Waals surface area contributed by atoms with Gasteiger partial charge in [0.2, 0.25) is 0 Å². The third kappa shape index (κ3) is 5.43. The van der Waals surface area contributed by atoms with Crippen LogP contribution < -0.4 is 15.4 Å². The Morgan fingerprint density at radius 1 is 1.09 bits per heavy atom. The molecule has 0 aliphatic rings.